The quantitative estimate of drug-likeness (QED) is 0.334. The van der Waals surface area contributed by atoms with E-state index in [9.17, 15) is 0 Å². The molecule has 3 heteroatoms. The first-order valence-electron chi connectivity index (χ1n) is 13.7. The molecule has 0 bridgehead atoms. The Bertz CT molecular complexity index is 1080. The topological polar surface area (TPSA) is 0 Å². The van der Waals surface area contributed by atoms with Crippen molar-refractivity contribution >= 4 is 3.21 Å². The number of hydrogen-bond donors (Lipinski definition) is 0. The molecule has 3 aliphatic carbocycles. The van der Waals surface area contributed by atoms with E-state index in [2.05, 4.69) is 117 Å². The van der Waals surface area contributed by atoms with Gasteiger partial charge in [0.15, 0.2) is 0 Å². The molecule has 0 aromatic heterocycles. The van der Waals surface area contributed by atoms with Crippen LogP contribution >= 0.6 is 0 Å². The van der Waals surface area contributed by atoms with Gasteiger partial charge in [0.05, 0.1) is 0 Å². The normalized spacial score (nSPS) is 15.7. The van der Waals surface area contributed by atoms with Gasteiger partial charge in [0, 0.05) is 0 Å². The molecule has 0 atom stereocenters. The van der Waals surface area contributed by atoms with Crippen LogP contribution in [0.15, 0.2) is 48.1 Å². The Morgan fingerprint density at radius 3 is 1.74 bits per heavy atom. The van der Waals surface area contributed by atoms with Crippen LogP contribution in [0.3, 0.4) is 0 Å². The van der Waals surface area contributed by atoms with Gasteiger partial charge < -0.3 is 24.8 Å². The van der Waals surface area contributed by atoms with Gasteiger partial charge in [-0.05, 0) is 17.4 Å². The zero-order valence-corrected chi connectivity index (χ0v) is 29.0. The Labute approximate surface area is 261 Å². The van der Waals surface area contributed by atoms with Gasteiger partial charge in [-0.2, -0.15) is 41.0 Å². The Hall–Kier alpha value is -0.747. The summed E-state index contributed by atoms with van der Waals surface area (Å²) < 4.78 is 1.79. The fourth-order valence-corrected chi connectivity index (χ4v) is 5.57. The molecule has 206 valence electrons. The molecule has 0 saturated heterocycles. The molecule has 38 heavy (non-hydrogen) atoms. The number of fused-ring (bicyclic) bond motifs is 3. The summed E-state index contributed by atoms with van der Waals surface area (Å²) >= 11 is 1.68. The average Bonchev–Trinajstić information content (AvgIpc) is 3.53. The van der Waals surface area contributed by atoms with Crippen LogP contribution in [-0.2, 0) is 41.5 Å². The van der Waals surface area contributed by atoms with Crippen LogP contribution < -0.4 is 24.8 Å². The monoisotopic (exact) mass is 626 g/mol. The third-order valence-electron chi connectivity index (χ3n) is 7.30. The van der Waals surface area contributed by atoms with Gasteiger partial charge in [-0.25, -0.2) is 6.08 Å². The van der Waals surface area contributed by atoms with E-state index in [4.69, 9.17) is 0 Å². The van der Waals surface area contributed by atoms with Crippen LogP contribution in [0.2, 0.25) is 0 Å². The first kappa shape index (κ1) is 35.3. The molecule has 1 fully saturated rings. The Balaban J connectivity index is 0.000000352. The van der Waals surface area contributed by atoms with Crippen molar-refractivity contribution in [3.8, 4) is 11.1 Å². The maximum atomic E-state index is 3.53. The Morgan fingerprint density at radius 1 is 0.737 bits per heavy atom. The maximum absolute atomic E-state index is 3.53. The number of halogens is 2. The molecule has 0 spiro atoms. The third kappa shape index (κ3) is 9.71. The summed E-state index contributed by atoms with van der Waals surface area (Å²) in [6.07, 6.45) is 15.4. The standard InChI is InChI=1S/C21H25.C9H13.C5H8.2ClH.Zr/c1-20(2,3)16-9-7-14-11-15-8-10-17(21(4,5)6)13-19(15)18(14)12-16;1-9(2,3)8-6-4-5-7-8;1-2-4-5-3-1;;;/h7,9-10,12-13H,11H2,1-6H3;6-7H,4H2,1-3H3;1-4H2;2*1H;/q2*-1;;;;+2/p-2. The van der Waals surface area contributed by atoms with Gasteiger partial charge in [-0.1, -0.05) is 102 Å². The Morgan fingerprint density at radius 2 is 1.32 bits per heavy atom. The second-order valence-corrected chi connectivity index (χ2v) is 15.3. The second kappa shape index (κ2) is 14.2. The number of benzene rings is 2. The van der Waals surface area contributed by atoms with Gasteiger partial charge >= 0.3 is 53.1 Å². The van der Waals surface area contributed by atoms with Crippen molar-refractivity contribution in [2.45, 2.75) is 112 Å². The summed E-state index contributed by atoms with van der Waals surface area (Å²) in [5.41, 5.74) is 10.5. The molecule has 1 saturated carbocycles. The molecule has 5 rings (SSSR count). The average molecular weight is 629 g/mol. The molecule has 0 nitrogen and oxygen atoms in total. The molecule has 0 unspecified atom stereocenters. The van der Waals surface area contributed by atoms with Gasteiger partial charge in [0.25, 0.3) is 0 Å². The predicted octanol–water partition coefficient (Wildman–Crippen LogP) is 3.66. The van der Waals surface area contributed by atoms with Gasteiger partial charge in [0.2, 0.25) is 0 Å². The van der Waals surface area contributed by atoms with Crippen molar-refractivity contribution < 1.29 is 49.0 Å². The molecule has 0 heterocycles. The van der Waals surface area contributed by atoms with E-state index in [0.29, 0.717) is 5.41 Å². The minimum atomic E-state index is 0. The molecule has 3 aliphatic rings. The third-order valence-corrected chi connectivity index (χ3v) is 8.53. The van der Waals surface area contributed by atoms with Crippen LogP contribution in [0, 0.1) is 17.6 Å². The van der Waals surface area contributed by atoms with Gasteiger partial charge in [0.1, 0.15) is 0 Å². The SMILES string of the molecule is CC(C)(C)C1=CC[C-]=C1.CC(C)(C)c1c[c-]c2c(c1)-c1cc(C(C)(C)C)ccc1C2.[Cl-].[Cl-].[Zr+2]=[C]1CCCC1. The number of rotatable bonds is 0. The van der Waals surface area contributed by atoms with Crippen LogP contribution in [0.4, 0.5) is 0 Å². The summed E-state index contributed by atoms with van der Waals surface area (Å²) in [4.78, 5) is 0. The van der Waals surface area contributed by atoms with E-state index in [-0.39, 0.29) is 35.6 Å². The summed E-state index contributed by atoms with van der Waals surface area (Å²) in [6, 6.07) is 15.1. The van der Waals surface area contributed by atoms with Crippen LogP contribution in [0.25, 0.3) is 11.1 Å². The van der Waals surface area contributed by atoms with Crippen molar-refractivity contribution in [2.75, 3.05) is 0 Å². The fraction of sp³-hybridized carbons (Fsp3) is 0.514. The van der Waals surface area contributed by atoms with E-state index >= 15 is 0 Å². The second-order valence-electron chi connectivity index (χ2n) is 13.6. The summed E-state index contributed by atoms with van der Waals surface area (Å²) in [5, 5.41) is 0. The molecular weight excluding hydrogens is 583 g/mol. The van der Waals surface area contributed by atoms with Crippen molar-refractivity contribution in [3.63, 3.8) is 0 Å². The zero-order chi connectivity index (χ0) is 26.7. The first-order valence-corrected chi connectivity index (χ1v) is 14.9. The molecule has 2 aromatic carbocycles. The molecule has 2 aromatic rings. The van der Waals surface area contributed by atoms with Crippen LogP contribution in [-0.4, -0.2) is 3.21 Å². The molecule has 0 aliphatic heterocycles. The van der Waals surface area contributed by atoms with Gasteiger partial charge in [-0.3, -0.25) is 6.08 Å². The summed E-state index contributed by atoms with van der Waals surface area (Å²) in [6.45, 7) is 20.3. The molecule has 0 amide bonds. The van der Waals surface area contributed by atoms with Crippen molar-refractivity contribution in [1.29, 1.82) is 0 Å². The van der Waals surface area contributed by atoms with Crippen molar-refractivity contribution in [2.24, 2.45) is 5.41 Å². The van der Waals surface area contributed by atoms with E-state index < -0.39 is 0 Å². The summed E-state index contributed by atoms with van der Waals surface area (Å²) in [5.74, 6) is 0. The van der Waals surface area contributed by atoms with Crippen molar-refractivity contribution in [3.05, 3.63) is 82.5 Å². The Kier molecular flexibility index (Phi) is 13.2. The van der Waals surface area contributed by atoms with Gasteiger partial charge in [-0.15, -0.1) is 12.0 Å². The predicted molar refractivity (Wildman–Crippen MR) is 154 cm³/mol. The fourth-order valence-electron chi connectivity index (χ4n) is 4.71. The molecule has 0 N–H and O–H groups in total. The number of hydrogen-bond acceptors (Lipinski definition) is 0. The van der Waals surface area contributed by atoms with Crippen LogP contribution in [0.5, 0.6) is 0 Å². The van der Waals surface area contributed by atoms with E-state index in [1.54, 1.807) is 27.4 Å². The van der Waals surface area contributed by atoms with E-state index in [0.717, 1.165) is 12.8 Å². The minimum absolute atomic E-state index is 0. The number of allylic oxidation sites excluding steroid dienone is 4. The first-order chi connectivity index (χ1) is 16.7. The van der Waals surface area contributed by atoms with Crippen molar-refractivity contribution in [1.82, 2.24) is 0 Å². The zero-order valence-electron chi connectivity index (χ0n) is 25.0. The molecular formula is C35H46Cl2Zr-2. The van der Waals surface area contributed by atoms with Crippen LogP contribution in [0.1, 0.15) is 117 Å². The molecule has 0 radical (unpaired) electrons. The van der Waals surface area contributed by atoms with E-state index in [1.807, 2.05) is 0 Å². The summed E-state index contributed by atoms with van der Waals surface area (Å²) in [7, 11) is 0. The van der Waals surface area contributed by atoms with E-state index in [1.165, 1.54) is 64.6 Å².